The number of hydrogen-bond acceptors (Lipinski definition) is 2. The Hall–Kier alpha value is -6.22. The summed E-state index contributed by atoms with van der Waals surface area (Å²) in [6.07, 6.45) is 2.13. The Balaban J connectivity index is 1.07. The number of rotatable bonds is 6. The molecule has 11 rings (SSSR count). The van der Waals surface area contributed by atoms with E-state index in [0.29, 0.717) is 0 Å². The van der Waals surface area contributed by atoms with Crippen LogP contribution in [0.3, 0.4) is 0 Å². The molecule has 262 valence electrons. The largest absolute Gasteiger partial charge is 0.310 e. The first-order chi connectivity index (χ1) is 27.1. The molecule has 0 unspecified atom stereocenters. The van der Waals surface area contributed by atoms with Crippen molar-refractivity contribution in [2.45, 2.75) is 32.1 Å². The fourth-order valence-electron chi connectivity index (χ4n) is 9.76. The normalized spacial score (nSPS) is 13.2. The highest BCUT2D eigenvalue weighted by molar-refractivity contribution is 7.26. The van der Waals surface area contributed by atoms with Gasteiger partial charge in [-0.15, -0.1) is 11.3 Å². The summed E-state index contributed by atoms with van der Waals surface area (Å²) in [4.78, 5) is 2.46. The van der Waals surface area contributed by atoms with E-state index in [9.17, 15) is 0 Å². The maximum absolute atomic E-state index is 2.49. The molecule has 1 aliphatic carbocycles. The highest BCUT2D eigenvalue weighted by atomic mass is 32.1. The van der Waals surface area contributed by atoms with Crippen molar-refractivity contribution < 1.29 is 0 Å². The van der Waals surface area contributed by atoms with E-state index in [1.165, 1.54) is 91.6 Å². The lowest BCUT2D eigenvalue weighted by molar-refractivity contribution is 0.490. The molecule has 0 radical (unpaired) electrons. The Morgan fingerprint density at radius 1 is 0.418 bits per heavy atom. The Morgan fingerprint density at radius 2 is 1.02 bits per heavy atom. The standard InChI is InChI=1S/C53H39NS/c1-3-53(4-2)49-18-9-7-14-44(49)45-29-27-39(33-50(45)53)54(38-26-28-42-36(32-38)21-20-34-12-5-6-13-40(34)42)37-24-22-35(23-25-37)41-16-11-17-47-43(41)30-31-48-46-15-8-10-19-51(46)55-52(47)48/h5-33H,3-4H2,1-2H3. The second-order valence-electron chi connectivity index (χ2n) is 15.1. The summed E-state index contributed by atoms with van der Waals surface area (Å²) < 4.78 is 2.70. The SMILES string of the molecule is CCC1(CC)c2ccccc2-c2ccc(N(c3ccc(-c4cccc5c4ccc4c6ccccc6sc54)cc3)c3ccc4c(ccc5ccccc54)c3)cc21. The minimum absolute atomic E-state index is 0.00599. The van der Waals surface area contributed by atoms with E-state index in [2.05, 4.69) is 195 Å². The topological polar surface area (TPSA) is 3.24 Å². The van der Waals surface area contributed by atoms with E-state index in [4.69, 9.17) is 0 Å². The summed E-state index contributed by atoms with van der Waals surface area (Å²) in [6, 6.07) is 65.9. The van der Waals surface area contributed by atoms with Crippen molar-refractivity contribution in [3.05, 3.63) is 187 Å². The average molecular weight is 722 g/mol. The van der Waals surface area contributed by atoms with Gasteiger partial charge in [0.25, 0.3) is 0 Å². The highest BCUT2D eigenvalue weighted by Gasteiger charge is 2.40. The fourth-order valence-corrected chi connectivity index (χ4v) is 11.0. The molecule has 9 aromatic carbocycles. The van der Waals surface area contributed by atoms with Crippen molar-refractivity contribution in [1.29, 1.82) is 0 Å². The molecule has 0 saturated carbocycles. The highest BCUT2D eigenvalue weighted by Crippen LogP contribution is 2.54. The monoisotopic (exact) mass is 721 g/mol. The zero-order chi connectivity index (χ0) is 36.7. The van der Waals surface area contributed by atoms with E-state index in [0.717, 1.165) is 24.2 Å². The molecule has 2 heteroatoms. The van der Waals surface area contributed by atoms with Crippen LogP contribution in [0.25, 0.3) is 74.7 Å². The van der Waals surface area contributed by atoms with Crippen LogP contribution >= 0.6 is 11.3 Å². The Bertz CT molecular complexity index is 3130. The molecule has 0 amide bonds. The van der Waals surface area contributed by atoms with Gasteiger partial charge in [0.2, 0.25) is 0 Å². The number of thiophene rings is 1. The third kappa shape index (κ3) is 4.78. The van der Waals surface area contributed by atoms with Crippen molar-refractivity contribution in [2.75, 3.05) is 4.90 Å². The average Bonchev–Trinajstić information content (AvgIpc) is 3.77. The van der Waals surface area contributed by atoms with Crippen LogP contribution < -0.4 is 4.90 Å². The van der Waals surface area contributed by atoms with Gasteiger partial charge in [0, 0.05) is 48.0 Å². The van der Waals surface area contributed by atoms with Gasteiger partial charge < -0.3 is 4.90 Å². The van der Waals surface area contributed by atoms with Crippen LogP contribution in [-0.2, 0) is 5.41 Å². The third-order valence-electron chi connectivity index (χ3n) is 12.5. The lowest BCUT2D eigenvalue weighted by Crippen LogP contribution is -2.23. The molecule has 0 fully saturated rings. The quantitative estimate of drug-likeness (QED) is 0.155. The van der Waals surface area contributed by atoms with Gasteiger partial charge in [-0.05, 0) is 116 Å². The molecule has 1 nitrogen and oxygen atoms in total. The molecule has 1 aliphatic rings. The van der Waals surface area contributed by atoms with Crippen molar-refractivity contribution in [3.63, 3.8) is 0 Å². The number of hydrogen-bond donors (Lipinski definition) is 0. The van der Waals surface area contributed by atoms with Gasteiger partial charge in [0.15, 0.2) is 0 Å². The van der Waals surface area contributed by atoms with Crippen LogP contribution in [0.5, 0.6) is 0 Å². The molecule has 10 aromatic rings. The van der Waals surface area contributed by atoms with Gasteiger partial charge in [0.05, 0.1) is 0 Å². The predicted molar refractivity (Wildman–Crippen MR) is 239 cm³/mol. The van der Waals surface area contributed by atoms with E-state index in [-0.39, 0.29) is 5.41 Å². The number of anilines is 3. The summed E-state index contributed by atoms with van der Waals surface area (Å²) in [7, 11) is 0. The third-order valence-corrected chi connectivity index (χ3v) is 13.8. The van der Waals surface area contributed by atoms with E-state index in [1.54, 1.807) is 0 Å². The lowest BCUT2D eigenvalue weighted by atomic mass is 9.74. The van der Waals surface area contributed by atoms with Gasteiger partial charge in [-0.1, -0.05) is 147 Å². The summed E-state index contributed by atoms with van der Waals surface area (Å²) in [6.45, 7) is 4.70. The first-order valence-electron chi connectivity index (χ1n) is 19.5. The second kappa shape index (κ2) is 12.4. The van der Waals surface area contributed by atoms with Crippen LogP contribution in [0, 0.1) is 0 Å². The summed E-state index contributed by atoms with van der Waals surface area (Å²) in [5.41, 5.74) is 11.6. The van der Waals surface area contributed by atoms with Crippen molar-refractivity contribution in [3.8, 4) is 22.3 Å². The van der Waals surface area contributed by atoms with Crippen molar-refractivity contribution in [2.24, 2.45) is 0 Å². The maximum Gasteiger partial charge on any atom is 0.0468 e. The van der Waals surface area contributed by atoms with Crippen molar-refractivity contribution in [1.82, 2.24) is 0 Å². The molecule has 0 N–H and O–H groups in total. The number of benzene rings is 9. The molecule has 55 heavy (non-hydrogen) atoms. The van der Waals surface area contributed by atoms with Gasteiger partial charge in [-0.2, -0.15) is 0 Å². The first kappa shape index (κ1) is 32.2. The van der Waals surface area contributed by atoms with Crippen LogP contribution in [0.1, 0.15) is 37.8 Å². The van der Waals surface area contributed by atoms with E-state index in [1.807, 2.05) is 11.3 Å². The van der Waals surface area contributed by atoms with Gasteiger partial charge >= 0.3 is 0 Å². The minimum atomic E-state index is -0.00599. The second-order valence-corrected chi connectivity index (χ2v) is 16.1. The molecule has 0 saturated heterocycles. The molecular weight excluding hydrogens is 683 g/mol. The fraction of sp³-hybridized carbons (Fsp3) is 0.0943. The van der Waals surface area contributed by atoms with Gasteiger partial charge in [-0.25, -0.2) is 0 Å². The summed E-state index contributed by atoms with van der Waals surface area (Å²) >= 11 is 1.90. The molecule has 0 bridgehead atoms. The molecule has 1 heterocycles. The van der Waals surface area contributed by atoms with Gasteiger partial charge in [0.1, 0.15) is 0 Å². The Kier molecular flexibility index (Phi) is 7.27. The van der Waals surface area contributed by atoms with Gasteiger partial charge in [-0.3, -0.25) is 0 Å². The van der Waals surface area contributed by atoms with E-state index >= 15 is 0 Å². The zero-order valence-corrected chi connectivity index (χ0v) is 31.8. The lowest BCUT2D eigenvalue weighted by Gasteiger charge is -2.32. The molecule has 0 aliphatic heterocycles. The smallest absolute Gasteiger partial charge is 0.0468 e. The van der Waals surface area contributed by atoms with Crippen LogP contribution in [0.2, 0.25) is 0 Å². The van der Waals surface area contributed by atoms with Crippen LogP contribution in [-0.4, -0.2) is 0 Å². The van der Waals surface area contributed by atoms with Crippen LogP contribution in [0.4, 0.5) is 17.1 Å². The Labute approximate surface area is 325 Å². The number of nitrogens with zero attached hydrogens (tertiary/aromatic N) is 1. The number of fused-ring (bicyclic) bond motifs is 11. The molecule has 0 spiro atoms. The van der Waals surface area contributed by atoms with E-state index < -0.39 is 0 Å². The van der Waals surface area contributed by atoms with Crippen LogP contribution in [0.15, 0.2) is 176 Å². The maximum atomic E-state index is 2.49. The molecule has 1 aromatic heterocycles. The minimum Gasteiger partial charge on any atom is -0.310 e. The molecule has 0 atom stereocenters. The summed E-state index contributed by atoms with van der Waals surface area (Å²) in [5.74, 6) is 0. The molecular formula is C53H39NS. The predicted octanol–water partition coefficient (Wildman–Crippen LogP) is 15.7. The Morgan fingerprint density at radius 3 is 1.89 bits per heavy atom. The summed E-state index contributed by atoms with van der Waals surface area (Å²) in [5, 5.41) is 10.4. The zero-order valence-electron chi connectivity index (χ0n) is 31.0. The first-order valence-corrected chi connectivity index (χ1v) is 20.4. The van der Waals surface area contributed by atoms with Crippen molar-refractivity contribution >= 4 is 80.9 Å².